The predicted octanol–water partition coefficient (Wildman–Crippen LogP) is 3.25. The second-order valence-corrected chi connectivity index (χ2v) is 5.25. The van der Waals surface area contributed by atoms with Gasteiger partial charge in [-0.05, 0) is 50.7 Å². The normalized spacial score (nSPS) is 22.8. The Kier molecular flexibility index (Phi) is 4.77. The van der Waals surface area contributed by atoms with Crippen LogP contribution in [0.5, 0.6) is 0 Å². The van der Waals surface area contributed by atoms with E-state index in [0.717, 1.165) is 11.7 Å². The molecule has 1 aliphatic carbocycles. The molecule has 1 fully saturated rings. The molecule has 104 valence electrons. The summed E-state index contributed by atoms with van der Waals surface area (Å²) in [5, 5.41) is 3.44. The van der Waals surface area contributed by atoms with Crippen LogP contribution in [0.15, 0.2) is 18.3 Å². The van der Waals surface area contributed by atoms with Gasteiger partial charge in [-0.3, -0.25) is 0 Å². The number of anilines is 1. The lowest BCUT2D eigenvalue weighted by Crippen LogP contribution is -2.25. The third-order valence-corrected chi connectivity index (χ3v) is 3.64. The number of nitrogens with one attached hydrogen (secondary N) is 1. The molecule has 1 aliphatic rings. The van der Waals surface area contributed by atoms with E-state index in [1.165, 1.54) is 25.7 Å². The molecule has 0 bridgehead atoms. The van der Waals surface area contributed by atoms with Crippen LogP contribution in [0.1, 0.15) is 49.9 Å². The van der Waals surface area contributed by atoms with Crippen molar-refractivity contribution in [3.8, 4) is 0 Å². The summed E-state index contributed by atoms with van der Waals surface area (Å²) in [6.45, 7) is 4.49. The number of hydrogen-bond acceptors (Lipinski definition) is 4. The summed E-state index contributed by atoms with van der Waals surface area (Å²) >= 11 is 0. The van der Waals surface area contributed by atoms with Gasteiger partial charge >= 0.3 is 5.97 Å². The van der Waals surface area contributed by atoms with Gasteiger partial charge in [-0.2, -0.15) is 0 Å². The highest BCUT2D eigenvalue weighted by atomic mass is 16.5. The first-order valence-electron chi connectivity index (χ1n) is 7.08. The van der Waals surface area contributed by atoms with Gasteiger partial charge in [0.25, 0.3) is 0 Å². The maximum Gasteiger partial charge on any atom is 0.339 e. The van der Waals surface area contributed by atoms with E-state index in [1.807, 2.05) is 6.07 Å². The van der Waals surface area contributed by atoms with Crippen molar-refractivity contribution in [2.45, 2.75) is 45.6 Å². The molecule has 0 aromatic carbocycles. The van der Waals surface area contributed by atoms with Crippen LogP contribution in [0.3, 0.4) is 0 Å². The van der Waals surface area contributed by atoms with Crippen molar-refractivity contribution in [3.05, 3.63) is 23.9 Å². The lowest BCUT2D eigenvalue weighted by Gasteiger charge is -2.27. The fraction of sp³-hybridized carbons (Fsp3) is 0.600. The summed E-state index contributed by atoms with van der Waals surface area (Å²) in [6, 6.07) is 4.13. The van der Waals surface area contributed by atoms with Gasteiger partial charge < -0.3 is 10.1 Å². The van der Waals surface area contributed by atoms with Crippen LogP contribution < -0.4 is 5.32 Å². The first-order valence-corrected chi connectivity index (χ1v) is 7.08. The summed E-state index contributed by atoms with van der Waals surface area (Å²) in [4.78, 5) is 15.8. The Morgan fingerprint density at radius 3 is 2.68 bits per heavy atom. The van der Waals surface area contributed by atoms with Crippen molar-refractivity contribution < 1.29 is 9.53 Å². The minimum Gasteiger partial charge on any atom is -0.462 e. The molecule has 1 heterocycles. The lowest BCUT2D eigenvalue weighted by atomic mass is 9.87. The molecule has 0 amide bonds. The van der Waals surface area contributed by atoms with E-state index in [1.54, 1.807) is 19.2 Å². The summed E-state index contributed by atoms with van der Waals surface area (Å²) in [6.07, 6.45) is 6.52. The average molecular weight is 262 g/mol. The Hall–Kier alpha value is -1.58. The van der Waals surface area contributed by atoms with Crippen LogP contribution in [0, 0.1) is 5.92 Å². The molecule has 1 saturated carbocycles. The smallest absolute Gasteiger partial charge is 0.339 e. The Bertz CT molecular complexity index is 409. The SMILES string of the molecule is CCOC(=O)c1ccc(NC2CCC(C)CC2)nc1. The first kappa shape index (κ1) is 13.8. The number of carbonyl (C=O) groups excluding carboxylic acids is 1. The lowest BCUT2D eigenvalue weighted by molar-refractivity contribution is 0.0526. The molecule has 0 aliphatic heterocycles. The number of hydrogen-bond donors (Lipinski definition) is 1. The van der Waals surface area contributed by atoms with Crippen LogP contribution in [0.4, 0.5) is 5.82 Å². The maximum absolute atomic E-state index is 11.5. The molecule has 0 radical (unpaired) electrons. The predicted molar refractivity (Wildman–Crippen MR) is 75.2 cm³/mol. The third kappa shape index (κ3) is 3.94. The zero-order valence-electron chi connectivity index (χ0n) is 11.7. The third-order valence-electron chi connectivity index (χ3n) is 3.64. The molecule has 0 atom stereocenters. The zero-order valence-corrected chi connectivity index (χ0v) is 11.7. The van der Waals surface area contributed by atoms with E-state index in [4.69, 9.17) is 4.74 Å². The second-order valence-electron chi connectivity index (χ2n) is 5.25. The molecule has 2 rings (SSSR count). The summed E-state index contributed by atoms with van der Waals surface area (Å²) in [5.74, 6) is 1.37. The number of carbonyl (C=O) groups is 1. The molecule has 19 heavy (non-hydrogen) atoms. The summed E-state index contributed by atoms with van der Waals surface area (Å²) in [5.41, 5.74) is 0.504. The van der Waals surface area contributed by atoms with Gasteiger partial charge in [0.05, 0.1) is 12.2 Å². The summed E-state index contributed by atoms with van der Waals surface area (Å²) < 4.78 is 4.93. The van der Waals surface area contributed by atoms with Crippen molar-refractivity contribution >= 4 is 11.8 Å². The quantitative estimate of drug-likeness (QED) is 0.846. The van der Waals surface area contributed by atoms with Gasteiger partial charge in [-0.25, -0.2) is 9.78 Å². The number of nitrogens with zero attached hydrogens (tertiary/aromatic N) is 1. The van der Waals surface area contributed by atoms with Gasteiger partial charge in [0, 0.05) is 12.2 Å². The second kappa shape index (κ2) is 6.55. The minimum absolute atomic E-state index is 0.312. The van der Waals surface area contributed by atoms with Crippen molar-refractivity contribution in [3.63, 3.8) is 0 Å². The van der Waals surface area contributed by atoms with Crippen LogP contribution in [0.25, 0.3) is 0 Å². The van der Waals surface area contributed by atoms with E-state index in [0.29, 0.717) is 18.2 Å². The minimum atomic E-state index is -0.312. The highest BCUT2D eigenvalue weighted by Gasteiger charge is 2.18. The van der Waals surface area contributed by atoms with Crippen LogP contribution in [0.2, 0.25) is 0 Å². The van der Waals surface area contributed by atoms with Gasteiger partial charge in [-0.15, -0.1) is 0 Å². The number of pyridine rings is 1. The Labute approximate surface area is 114 Å². The van der Waals surface area contributed by atoms with E-state index < -0.39 is 0 Å². The van der Waals surface area contributed by atoms with E-state index in [2.05, 4.69) is 17.2 Å². The first-order chi connectivity index (χ1) is 9.19. The molecule has 0 unspecified atom stereocenters. The van der Waals surface area contributed by atoms with E-state index in [9.17, 15) is 4.79 Å². The van der Waals surface area contributed by atoms with Gasteiger partial charge in [0.15, 0.2) is 0 Å². The molecule has 1 aromatic rings. The van der Waals surface area contributed by atoms with Gasteiger partial charge in [0.1, 0.15) is 5.82 Å². The molecule has 4 nitrogen and oxygen atoms in total. The highest BCUT2D eigenvalue weighted by Crippen LogP contribution is 2.25. The number of esters is 1. The Morgan fingerprint density at radius 1 is 1.37 bits per heavy atom. The van der Waals surface area contributed by atoms with Crippen LogP contribution >= 0.6 is 0 Å². The van der Waals surface area contributed by atoms with Gasteiger partial charge in [-0.1, -0.05) is 6.92 Å². The Balaban J connectivity index is 1.90. The monoisotopic (exact) mass is 262 g/mol. The number of aromatic nitrogens is 1. The van der Waals surface area contributed by atoms with Gasteiger partial charge in [0.2, 0.25) is 0 Å². The van der Waals surface area contributed by atoms with Crippen molar-refractivity contribution in [2.75, 3.05) is 11.9 Å². The molecule has 1 N–H and O–H groups in total. The van der Waals surface area contributed by atoms with Crippen molar-refractivity contribution in [1.29, 1.82) is 0 Å². The van der Waals surface area contributed by atoms with E-state index >= 15 is 0 Å². The number of ether oxygens (including phenoxy) is 1. The average Bonchev–Trinajstić information content (AvgIpc) is 2.42. The summed E-state index contributed by atoms with van der Waals surface area (Å²) in [7, 11) is 0. The fourth-order valence-electron chi connectivity index (χ4n) is 2.43. The largest absolute Gasteiger partial charge is 0.462 e. The zero-order chi connectivity index (χ0) is 13.7. The van der Waals surface area contributed by atoms with Crippen molar-refractivity contribution in [2.24, 2.45) is 5.92 Å². The van der Waals surface area contributed by atoms with E-state index in [-0.39, 0.29) is 5.97 Å². The topological polar surface area (TPSA) is 51.2 Å². The molecule has 1 aromatic heterocycles. The number of rotatable bonds is 4. The molecular weight excluding hydrogens is 240 g/mol. The van der Waals surface area contributed by atoms with Crippen LogP contribution in [-0.4, -0.2) is 23.6 Å². The highest BCUT2D eigenvalue weighted by molar-refractivity contribution is 5.89. The van der Waals surface area contributed by atoms with Crippen LogP contribution in [-0.2, 0) is 4.74 Å². The fourth-order valence-corrected chi connectivity index (χ4v) is 2.43. The van der Waals surface area contributed by atoms with Crippen molar-refractivity contribution in [1.82, 2.24) is 4.98 Å². The molecular formula is C15H22N2O2. The maximum atomic E-state index is 11.5. The molecule has 0 saturated heterocycles. The standard InChI is InChI=1S/C15H22N2O2/c1-3-19-15(18)12-6-9-14(16-10-12)17-13-7-4-11(2)5-8-13/h6,9-11,13H,3-5,7-8H2,1-2H3,(H,16,17). The molecule has 4 heteroatoms. The molecule has 0 spiro atoms. The Morgan fingerprint density at radius 2 is 2.11 bits per heavy atom.